The van der Waals surface area contributed by atoms with E-state index in [1.165, 1.54) is 23.5 Å². The number of aryl methyl sites for hydroxylation is 3. The lowest BCUT2D eigenvalue weighted by Crippen LogP contribution is -2.24. The predicted octanol–water partition coefficient (Wildman–Crippen LogP) is 2.46. The highest BCUT2D eigenvalue weighted by Crippen LogP contribution is 2.23. The van der Waals surface area contributed by atoms with Crippen LogP contribution < -0.4 is 4.72 Å². The summed E-state index contributed by atoms with van der Waals surface area (Å²) in [6.45, 7) is 5.37. The lowest BCUT2D eigenvalue weighted by molar-refractivity contribution is -0.385. The van der Waals surface area contributed by atoms with Crippen LogP contribution in [0.5, 0.6) is 0 Å². The fourth-order valence-corrected chi connectivity index (χ4v) is 4.19. The van der Waals surface area contributed by atoms with Crippen molar-refractivity contribution in [2.24, 2.45) is 0 Å². The average molecular weight is 341 g/mol. The van der Waals surface area contributed by atoms with Gasteiger partial charge in [-0.2, -0.15) is 0 Å². The first-order valence-electron chi connectivity index (χ1n) is 6.38. The molecule has 0 unspecified atom stereocenters. The van der Waals surface area contributed by atoms with Gasteiger partial charge >= 0.3 is 0 Å². The normalized spacial score (nSPS) is 11.6. The van der Waals surface area contributed by atoms with E-state index in [2.05, 4.69) is 9.71 Å². The van der Waals surface area contributed by atoms with Crippen molar-refractivity contribution in [2.45, 2.75) is 32.2 Å². The fraction of sp³-hybridized carbons (Fsp3) is 0.308. The number of hydrogen-bond acceptors (Lipinski definition) is 6. The topological polar surface area (TPSA) is 102 Å². The van der Waals surface area contributed by atoms with Gasteiger partial charge in [0.25, 0.3) is 5.69 Å². The molecule has 0 radical (unpaired) electrons. The molecule has 7 nitrogen and oxygen atoms in total. The molecule has 0 spiro atoms. The molecule has 9 heteroatoms. The standard InChI is InChI=1S/C13H15N3O4S2/c1-8-4-5-11(16(17)18)6-13(8)22(19,20)14-7-12-9(2)15-10(3)21-12/h4-6,14H,7H2,1-3H3. The first-order chi connectivity index (χ1) is 10.2. The molecule has 0 bridgehead atoms. The van der Waals surface area contributed by atoms with Crippen LogP contribution in [-0.2, 0) is 16.6 Å². The highest BCUT2D eigenvalue weighted by Gasteiger charge is 2.21. The van der Waals surface area contributed by atoms with Gasteiger partial charge < -0.3 is 0 Å². The first-order valence-corrected chi connectivity index (χ1v) is 8.68. The molecule has 1 aromatic carbocycles. The molecule has 22 heavy (non-hydrogen) atoms. The van der Waals surface area contributed by atoms with Crippen LogP contribution in [0, 0.1) is 30.9 Å². The molecule has 1 N–H and O–H groups in total. The number of thiazole rings is 1. The van der Waals surface area contributed by atoms with E-state index < -0.39 is 14.9 Å². The number of nitro benzene ring substituents is 1. The van der Waals surface area contributed by atoms with E-state index >= 15 is 0 Å². The van der Waals surface area contributed by atoms with Crippen molar-refractivity contribution in [3.8, 4) is 0 Å². The highest BCUT2D eigenvalue weighted by atomic mass is 32.2. The van der Waals surface area contributed by atoms with Gasteiger partial charge in [-0.05, 0) is 26.3 Å². The molecule has 0 aliphatic heterocycles. The summed E-state index contributed by atoms with van der Waals surface area (Å²) in [5.41, 5.74) is 0.979. The van der Waals surface area contributed by atoms with E-state index in [1.54, 1.807) is 6.92 Å². The third kappa shape index (κ3) is 3.49. The van der Waals surface area contributed by atoms with Crippen molar-refractivity contribution in [3.63, 3.8) is 0 Å². The lowest BCUT2D eigenvalue weighted by atomic mass is 10.2. The maximum Gasteiger partial charge on any atom is 0.270 e. The van der Waals surface area contributed by atoms with Crippen molar-refractivity contribution in [1.82, 2.24) is 9.71 Å². The number of rotatable bonds is 5. The molecule has 0 aliphatic rings. The Morgan fingerprint density at radius 1 is 1.32 bits per heavy atom. The molecule has 0 atom stereocenters. The molecule has 0 saturated heterocycles. The van der Waals surface area contributed by atoms with Crippen molar-refractivity contribution in [2.75, 3.05) is 0 Å². The molecule has 2 rings (SSSR count). The van der Waals surface area contributed by atoms with Gasteiger partial charge in [-0.25, -0.2) is 18.1 Å². The van der Waals surface area contributed by atoms with Crippen LogP contribution in [0.1, 0.15) is 21.1 Å². The molecule has 1 heterocycles. The maximum absolute atomic E-state index is 12.4. The van der Waals surface area contributed by atoms with E-state index in [9.17, 15) is 18.5 Å². The van der Waals surface area contributed by atoms with Crippen molar-refractivity contribution < 1.29 is 13.3 Å². The number of nitro groups is 1. The molecule has 0 fully saturated rings. The number of hydrogen-bond donors (Lipinski definition) is 1. The fourth-order valence-electron chi connectivity index (χ4n) is 1.97. The third-order valence-electron chi connectivity index (χ3n) is 3.09. The molecule has 0 amide bonds. The van der Waals surface area contributed by atoms with Crippen LogP contribution >= 0.6 is 11.3 Å². The number of benzene rings is 1. The molecular weight excluding hydrogens is 326 g/mol. The third-order valence-corrected chi connectivity index (χ3v) is 5.71. The van der Waals surface area contributed by atoms with Gasteiger partial charge in [-0.3, -0.25) is 10.1 Å². The molecule has 2 aromatic rings. The largest absolute Gasteiger partial charge is 0.270 e. The Labute approximate surface area is 132 Å². The minimum Gasteiger partial charge on any atom is -0.258 e. The van der Waals surface area contributed by atoms with Gasteiger partial charge in [-0.1, -0.05) is 6.07 Å². The SMILES string of the molecule is Cc1nc(C)c(CNS(=O)(=O)c2cc([N+](=O)[O-])ccc2C)s1. The Morgan fingerprint density at radius 2 is 2.00 bits per heavy atom. The highest BCUT2D eigenvalue weighted by molar-refractivity contribution is 7.89. The summed E-state index contributed by atoms with van der Waals surface area (Å²) in [6, 6.07) is 3.78. The second kappa shape index (κ2) is 6.11. The van der Waals surface area contributed by atoms with Gasteiger partial charge in [0.2, 0.25) is 10.0 Å². The van der Waals surface area contributed by atoms with Crippen LogP contribution in [0.25, 0.3) is 0 Å². The molecule has 0 saturated carbocycles. The zero-order valence-corrected chi connectivity index (χ0v) is 13.9. The molecular formula is C13H15N3O4S2. The lowest BCUT2D eigenvalue weighted by Gasteiger charge is -2.08. The van der Waals surface area contributed by atoms with Crippen LogP contribution in [0.2, 0.25) is 0 Å². The first kappa shape index (κ1) is 16.5. The van der Waals surface area contributed by atoms with Gasteiger partial charge in [0.1, 0.15) is 0 Å². The summed E-state index contributed by atoms with van der Waals surface area (Å²) in [5.74, 6) is 0. The number of sulfonamides is 1. The van der Waals surface area contributed by atoms with Crippen molar-refractivity contribution in [1.29, 1.82) is 0 Å². The summed E-state index contributed by atoms with van der Waals surface area (Å²) in [7, 11) is -3.83. The van der Waals surface area contributed by atoms with Gasteiger partial charge in [-0.15, -0.1) is 11.3 Å². The van der Waals surface area contributed by atoms with E-state index in [-0.39, 0.29) is 17.1 Å². The minimum absolute atomic E-state index is 0.0828. The van der Waals surface area contributed by atoms with E-state index in [1.807, 2.05) is 13.8 Å². The number of aromatic nitrogens is 1. The smallest absolute Gasteiger partial charge is 0.258 e. The number of nitrogens with zero attached hydrogens (tertiary/aromatic N) is 2. The van der Waals surface area contributed by atoms with Crippen molar-refractivity contribution in [3.05, 3.63) is 49.5 Å². The Morgan fingerprint density at radius 3 is 2.55 bits per heavy atom. The quantitative estimate of drug-likeness (QED) is 0.665. The zero-order valence-electron chi connectivity index (χ0n) is 12.3. The van der Waals surface area contributed by atoms with Gasteiger partial charge in [0.05, 0.1) is 20.5 Å². The maximum atomic E-state index is 12.4. The zero-order chi connectivity index (χ0) is 16.5. The van der Waals surface area contributed by atoms with Gasteiger partial charge in [0.15, 0.2) is 0 Å². The van der Waals surface area contributed by atoms with Gasteiger partial charge in [0, 0.05) is 23.6 Å². The second-order valence-corrected chi connectivity index (χ2v) is 7.80. The summed E-state index contributed by atoms with van der Waals surface area (Å²) in [5, 5.41) is 11.7. The Balaban J connectivity index is 2.29. The van der Waals surface area contributed by atoms with Crippen molar-refractivity contribution >= 4 is 27.0 Å². The monoisotopic (exact) mass is 341 g/mol. The number of nitrogens with one attached hydrogen (secondary N) is 1. The Hall–Kier alpha value is -1.84. The van der Waals surface area contributed by atoms with E-state index in [0.29, 0.717) is 5.56 Å². The molecule has 118 valence electrons. The molecule has 1 aromatic heterocycles. The van der Waals surface area contributed by atoms with E-state index in [4.69, 9.17) is 0 Å². The number of non-ortho nitro benzene ring substituents is 1. The van der Waals surface area contributed by atoms with E-state index in [0.717, 1.165) is 21.6 Å². The van der Waals surface area contributed by atoms with Crippen LogP contribution in [0.4, 0.5) is 5.69 Å². The summed E-state index contributed by atoms with van der Waals surface area (Å²) in [4.78, 5) is 15.2. The predicted molar refractivity (Wildman–Crippen MR) is 83.4 cm³/mol. The van der Waals surface area contributed by atoms with Crippen LogP contribution in [0.15, 0.2) is 23.1 Å². The summed E-state index contributed by atoms with van der Waals surface area (Å²) in [6.07, 6.45) is 0. The minimum atomic E-state index is -3.83. The summed E-state index contributed by atoms with van der Waals surface area (Å²) < 4.78 is 27.2. The second-order valence-electron chi connectivity index (χ2n) is 4.77. The summed E-state index contributed by atoms with van der Waals surface area (Å²) >= 11 is 1.42. The van der Waals surface area contributed by atoms with Crippen LogP contribution in [0.3, 0.4) is 0 Å². The Kier molecular flexibility index (Phi) is 4.59. The Bertz CT molecular complexity index is 828. The van der Waals surface area contributed by atoms with Crippen LogP contribution in [-0.4, -0.2) is 18.3 Å². The average Bonchev–Trinajstić information content (AvgIpc) is 2.75. The molecule has 0 aliphatic carbocycles.